The molecule has 0 saturated carbocycles. The van der Waals surface area contributed by atoms with E-state index in [4.69, 9.17) is 11.6 Å². The molecule has 0 aromatic carbocycles. The van der Waals surface area contributed by atoms with Gasteiger partial charge >= 0.3 is 0 Å². The van der Waals surface area contributed by atoms with Crippen molar-refractivity contribution in [1.29, 1.82) is 0 Å². The molecule has 1 rings (SSSR count). The maximum absolute atomic E-state index is 12.4. The Balaban J connectivity index is 3.06. The molecule has 0 amide bonds. The number of aliphatic hydroxyl groups is 1. The van der Waals surface area contributed by atoms with Crippen LogP contribution in [0.15, 0.2) is 28.0 Å². The van der Waals surface area contributed by atoms with Crippen LogP contribution in [0.2, 0.25) is 4.34 Å². The van der Waals surface area contributed by atoms with Crippen LogP contribution in [0.5, 0.6) is 0 Å². The van der Waals surface area contributed by atoms with E-state index in [0.717, 1.165) is 23.3 Å². The van der Waals surface area contributed by atoms with Crippen molar-refractivity contribution in [1.82, 2.24) is 4.72 Å². The van der Waals surface area contributed by atoms with Crippen LogP contribution in [0, 0.1) is 5.92 Å². The fourth-order valence-corrected chi connectivity index (χ4v) is 4.73. The van der Waals surface area contributed by atoms with E-state index in [1.807, 2.05) is 20.8 Å². The molecule has 0 aliphatic heterocycles. The van der Waals surface area contributed by atoms with E-state index in [1.165, 1.54) is 6.07 Å². The van der Waals surface area contributed by atoms with Gasteiger partial charge in [-0.05, 0) is 37.5 Å². The number of hydrogen-bond acceptors (Lipinski definition) is 4. The van der Waals surface area contributed by atoms with Gasteiger partial charge in [-0.1, -0.05) is 37.9 Å². The van der Waals surface area contributed by atoms with E-state index in [-0.39, 0.29) is 10.1 Å². The van der Waals surface area contributed by atoms with Gasteiger partial charge in [0, 0.05) is 0 Å². The summed E-state index contributed by atoms with van der Waals surface area (Å²) in [5, 5.41) is 10.4. The van der Waals surface area contributed by atoms with Crippen molar-refractivity contribution in [2.45, 2.75) is 50.5 Å². The second kappa shape index (κ2) is 7.74. The molecule has 0 radical (unpaired) electrons. The zero-order chi connectivity index (χ0) is 16.2. The van der Waals surface area contributed by atoms with E-state index in [0.29, 0.717) is 4.34 Å². The van der Waals surface area contributed by atoms with Crippen molar-refractivity contribution in [3.05, 3.63) is 28.1 Å². The number of rotatable bonds is 7. The molecular weight excluding hydrogens is 330 g/mol. The minimum Gasteiger partial charge on any atom is -0.387 e. The smallest absolute Gasteiger partial charge is 0.250 e. The zero-order valence-corrected chi connectivity index (χ0v) is 15.0. The van der Waals surface area contributed by atoms with Gasteiger partial charge in [0.15, 0.2) is 0 Å². The van der Waals surface area contributed by atoms with Crippen LogP contribution in [0.1, 0.15) is 34.1 Å². The van der Waals surface area contributed by atoms with Crippen LogP contribution in [-0.2, 0) is 10.0 Å². The first-order valence-corrected chi connectivity index (χ1v) is 9.49. The molecule has 7 heteroatoms. The summed E-state index contributed by atoms with van der Waals surface area (Å²) in [6.07, 6.45) is 1.69. The molecule has 0 bridgehead atoms. The van der Waals surface area contributed by atoms with Crippen molar-refractivity contribution >= 4 is 33.0 Å². The third kappa shape index (κ3) is 4.79. The predicted molar refractivity (Wildman–Crippen MR) is 88.3 cm³/mol. The standard InChI is InChI=1S/C14H22ClNO3S2/c1-5-9(3)13(14(17)10(4)6-2)16-21(18,19)12-8-7-11(15)20-12/h6-9,13-14,16-17H,5H2,1-4H3/b10-6+/t9-,13?,14?/m0/s1. The molecule has 0 aliphatic rings. The predicted octanol–water partition coefficient (Wildman–Crippen LogP) is 3.42. The Morgan fingerprint density at radius 1 is 1.52 bits per heavy atom. The van der Waals surface area contributed by atoms with E-state index < -0.39 is 22.2 Å². The van der Waals surface area contributed by atoms with Crippen LogP contribution in [0.4, 0.5) is 0 Å². The highest BCUT2D eigenvalue weighted by Crippen LogP contribution is 2.27. The highest BCUT2D eigenvalue weighted by Gasteiger charge is 2.30. The van der Waals surface area contributed by atoms with Gasteiger partial charge in [-0.3, -0.25) is 0 Å². The Kier molecular flexibility index (Phi) is 6.87. The monoisotopic (exact) mass is 351 g/mol. The normalized spacial score (nSPS) is 17.5. The maximum Gasteiger partial charge on any atom is 0.250 e. The first-order chi connectivity index (χ1) is 9.72. The van der Waals surface area contributed by atoms with Crippen molar-refractivity contribution in [2.24, 2.45) is 5.92 Å². The van der Waals surface area contributed by atoms with Gasteiger partial charge in [0.2, 0.25) is 10.0 Å². The minimum atomic E-state index is -3.68. The molecule has 1 heterocycles. The molecule has 4 nitrogen and oxygen atoms in total. The first-order valence-electron chi connectivity index (χ1n) is 6.81. The summed E-state index contributed by atoms with van der Waals surface area (Å²) in [6.45, 7) is 7.49. The maximum atomic E-state index is 12.4. The van der Waals surface area contributed by atoms with E-state index in [1.54, 1.807) is 19.1 Å². The number of sulfonamides is 1. The minimum absolute atomic E-state index is 0.000101. The van der Waals surface area contributed by atoms with Crippen LogP contribution >= 0.6 is 22.9 Å². The topological polar surface area (TPSA) is 66.4 Å². The van der Waals surface area contributed by atoms with Crippen LogP contribution in [-0.4, -0.2) is 25.7 Å². The second-order valence-electron chi connectivity index (χ2n) is 5.07. The van der Waals surface area contributed by atoms with Crippen LogP contribution in [0.25, 0.3) is 0 Å². The highest BCUT2D eigenvalue weighted by atomic mass is 35.5. The molecule has 0 spiro atoms. The lowest BCUT2D eigenvalue weighted by Gasteiger charge is -2.29. The summed E-state index contributed by atoms with van der Waals surface area (Å²) in [6, 6.07) is 2.45. The molecule has 0 fully saturated rings. The molecule has 2 unspecified atom stereocenters. The van der Waals surface area contributed by atoms with Crippen molar-refractivity contribution in [3.63, 3.8) is 0 Å². The summed E-state index contributed by atoms with van der Waals surface area (Å²) in [4.78, 5) is 0. The van der Waals surface area contributed by atoms with Gasteiger partial charge in [0.1, 0.15) is 4.21 Å². The molecule has 3 atom stereocenters. The lowest BCUT2D eigenvalue weighted by atomic mass is 9.91. The van der Waals surface area contributed by atoms with E-state index >= 15 is 0 Å². The van der Waals surface area contributed by atoms with Gasteiger partial charge in [0.25, 0.3) is 0 Å². The number of allylic oxidation sites excluding steroid dienone is 1. The average molecular weight is 352 g/mol. The SMILES string of the molecule is C/C=C(\C)C(O)C(NS(=O)(=O)c1ccc(Cl)s1)[C@@H](C)CC. The highest BCUT2D eigenvalue weighted by molar-refractivity contribution is 7.91. The number of aliphatic hydroxyl groups excluding tert-OH is 1. The van der Waals surface area contributed by atoms with Crippen LogP contribution < -0.4 is 4.72 Å². The first kappa shape index (κ1) is 18.6. The van der Waals surface area contributed by atoms with E-state index in [2.05, 4.69) is 4.72 Å². The summed E-state index contributed by atoms with van der Waals surface area (Å²) in [5.74, 6) is 0.000101. The van der Waals surface area contributed by atoms with Crippen molar-refractivity contribution in [2.75, 3.05) is 0 Å². The molecule has 1 aromatic rings. The van der Waals surface area contributed by atoms with Gasteiger partial charge in [-0.25, -0.2) is 13.1 Å². The Morgan fingerprint density at radius 2 is 2.14 bits per heavy atom. The third-order valence-corrected chi connectivity index (χ3v) is 6.81. The fraction of sp³-hybridized carbons (Fsp3) is 0.571. The van der Waals surface area contributed by atoms with Crippen molar-refractivity contribution < 1.29 is 13.5 Å². The molecule has 1 aromatic heterocycles. The average Bonchev–Trinajstić information content (AvgIpc) is 2.89. The largest absolute Gasteiger partial charge is 0.387 e. The lowest BCUT2D eigenvalue weighted by molar-refractivity contribution is 0.142. The summed E-state index contributed by atoms with van der Waals surface area (Å²) >= 11 is 6.80. The molecule has 2 N–H and O–H groups in total. The molecule has 0 saturated heterocycles. The van der Waals surface area contributed by atoms with Crippen LogP contribution in [0.3, 0.4) is 0 Å². The molecular formula is C14H22ClNO3S2. The Hall–Kier alpha value is -0.400. The molecule has 0 aliphatic carbocycles. The molecule has 120 valence electrons. The number of thiophene rings is 1. The van der Waals surface area contributed by atoms with Gasteiger partial charge in [-0.15, -0.1) is 11.3 Å². The summed E-state index contributed by atoms with van der Waals surface area (Å²) in [7, 11) is -3.68. The van der Waals surface area contributed by atoms with Gasteiger partial charge in [0.05, 0.1) is 16.5 Å². The number of hydrogen-bond donors (Lipinski definition) is 2. The third-order valence-electron chi connectivity index (χ3n) is 3.62. The Bertz CT molecular complexity index is 595. The Morgan fingerprint density at radius 3 is 2.57 bits per heavy atom. The van der Waals surface area contributed by atoms with Crippen molar-refractivity contribution in [3.8, 4) is 0 Å². The molecule has 21 heavy (non-hydrogen) atoms. The van der Waals surface area contributed by atoms with Gasteiger partial charge in [-0.2, -0.15) is 0 Å². The quantitative estimate of drug-likeness (QED) is 0.739. The summed E-state index contributed by atoms with van der Waals surface area (Å²) in [5.41, 5.74) is 0.743. The number of halogens is 1. The second-order valence-corrected chi connectivity index (χ2v) is 8.72. The van der Waals surface area contributed by atoms with Gasteiger partial charge < -0.3 is 5.11 Å². The Labute approximate surface area is 135 Å². The fourth-order valence-electron chi connectivity index (χ4n) is 1.88. The zero-order valence-electron chi connectivity index (χ0n) is 12.6. The number of nitrogens with one attached hydrogen (secondary N) is 1. The lowest BCUT2D eigenvalue weighted by Crippen LogP contribution is -2.47. The summed E-state index contributed by atoms with van der Waals surface area (Å²) < 4.78 is 28.0. The van der Waals surface area contributed by atoms with E-state index in [9.17, 15) is 13.5 Å².